The van der Waals surface area contributed by atoms with E-state index in [4.69, 9.17) is 0 Å². The van der Waals surface area contributed by atoms with E-state index in [1.807, 2.05) is 0 Å². The first-order valence-electron chi connectivity index (χ1n) is 7.03. The van der Waals surface area contributed by atoms with Gasteiger partial charge >= 0.3 is 0 Å². The maximum Gasteiger partial charge on any atom is 0.133 e. The van der Waals surface area contributed by atoms with Gasteiger partial charge in [0.05, 0.1) is 0 Å². The standard InChI is InChI=1S/C15H28O2/c1-13(2)9-7-5-4-6-8-10-15(17)12-11-14(3)16/h13H,4-12H2,1-3H3. The molecule has 2 heteroatoms. The van der Waals surface area contributed by atoms with Gasteiger partial charge in [-0.15, -0.1) is 0 Å². The molecule has 100 valence electrons. The van der Waals surface area contributed by atoms with Crippen molar-refractivity contribution in [1.29, 1.82) is 0 Å². The third-order valence-corrected chi connectivity index (χ3v) is 2.99. The van der Waals surface area contributed by atoms with Crippen molar-refractivity contribution in [3.05, 3.63) is 0 Å². The molecule has 0 aromatic carbocycles. The predicted molar refractivity (Wildman–Crippen MR) is 72.1 cm³/mol. The lowest BCUT2D eigenvalue weighted by Crippen LogP contribution is -2.01. The van der Waals surface area contributed by atoms with Gasteiger partial charge in [0.25, 0.3) is 0 Å². The fourth-order valence-corrected chi connectivity index (χ4v) is 1.85. The van der Waals surface area contributed by atoms with E-state index in [0.29, 0.717) is 19.3 Å². The van der Waals surface area contributed by atoms with Crippen LogP contribution in [0.15, 0.2) is 0 Å². The summed E-state index contributed by atoms with van der Waals surface area (Å²) in [6.45, 7) is 6.06. The van der Waals surface area contributed by atoms with E-state index in [1.165, 1.54) is 25.7 Å². The van der Waals surface area contributed by atoms with Gasteiger partial charge in [0.1, 0.15) is 11.6 Å². The first-order chi connectivity index (χ1) is 8.02. The quantitative estimate of drug-likeness (QED) is 0.504. The predicted octanol–water partition coefficient (Wildman–Crippen LogP) is 4.31. The number of rotatable bonds is 11. The zero-order valence-corrected chi connectivity index (χ0v) is 11.8. The van der Waals surface area contributed by atoms with Crippen LogP contribution in [0.5, 0.6) is 0 Å². The maximum absolute atomic E-state index is 11.4. The van der Waals surface area contributed by atoms with Crippen molar-refractivity contribution in [1.82, 2.24) is 0 Å². The third-order valence-electron chi connectivity index (χ3n) is 2.99. The second-order valence-corrected chi connectivity index (χ2v) is 5.44. The molecule has 0 bridgehead atoms. The molecule has 17 heavy (non-hydrogen) atoms. The van der Waals surface area contributed by atoms with Gasteiger partial charge in [-0.1, -0.05) is 46.0 Å². The Hall–Kier alpha value is -0.660. The van der Waals surface area contributed by atoms with Crippen LogP contribution in [0.1, 0.15) is 78.6 Å². The van der Waals surface area contributed by atoms with E-state index in [0.717, 1.165) is 18.8 Å². The summed E-state index contributed by atoms with van der Waals surface area (Å²) in [5.41, 5.74) is 0. The monoisotopic (exact) mass is 240 g/mol. The van der Waals surface area contributed by atoms with Gasteiger partial charge in [0, 0.05) is 19.3 Å². The molecular weight excluding hydrogens is 212 g/mol. The molecule has 0 atom stereocenters. The molecule has 0 spiro atoms. The molecule has 0 aliphatic heterocycles. The highest BCUT2D eigenvalue weighted by Gasteiger charge is 2.03. The van der Waals surface area contributed by atoms with E-state index in [-0.39, 0.29) is 11.6 Å². The number of ketones is 2. The van der Waals surface area contributed by atoms with Gasteiger partial charge in [-0.05, 0) is 19.3 Å². The highest BCUT2D eigenvalue weighted by atomic mass is 16.1. The molecule has 0 amide bonds. The van der Waals surface area contributed by atoms with Crippen LogP contribution in [0.2, 0.25) is 0 Å². The normalized spacial score (nSPS) is 10.8. The van der Waals surface area contributed by atoms with Crippen molar-refractivity contribution in [3.8, 4) is 0 Å². The molecule has 0 saturated heterocycles. The number of carbonyl (C=O) groups excluding carboxylic acids is 2. The molecule has 0 aliphatic rings. The summed E-state index contributed by atoms with van der Waals surface area (Å²) >= 11 is 0. The largest absolute Gasteiger partial charge is 0.300 e. The second-order valence-electron chi connectivity index (χ2n) is 5.44. The molecule has 0 radical (unpaired) electrons. The van der Waals surface area contributed by atoms with Gasteiger partial charge in [-0.25, -0.2) is 0 Å². The Labute approximate surface area is 106 Å². The highest BCUT2D eigenvalue weighted by Crippen LogP contribution is 2.12. The molecule has 0 aliphatic carbocycles. The molecule has 0 saturated carbocycles. The summed E-state index contributed by atoms with van der Waals surface area (Å²) in [4.78, 5) is 22.1. The lowest BCUT2D eigenvalue weighted by molar-refractivity contribution is -0.123. The summed E-state index contributed by atoms with van der Waals surface area (Å²) in [5.74, 6) is 1.18. The van der Waals surface area contributed by atoms with Crippen LogP contribution in [0.25, 0.3) is 0 Å². The van der Waals surface area contributed by atoms with Gasteiger partial charge in [-0.3, -0.25) is 4.79 Å². The van der Waals surface area contributed by atoms with Crippen LogP contribution in [-0.2, 0) is 9.59 Å². The zero-order chi connectivity index (χ0) is 13.1. The van der Waals surface area contributed by atoms with Crippen LogP contribution < -0.4 is 0 Å². The summed E-state index contributed by atoms with van der Waals surface area (Å²) in [5, 5.41) is 0. The van der Waals surface area contributed by atoms with E-state index >= 15 is 0 Å². The van der Waals surface area contributed by atoms with Gasteiger partial charge in [0.15, 0.2) is 0 Å². The Kier molecular flexibility index (Phi) is 10.1. The van der Waals surface area contributed by atoms with Crippen molar-refractivity contribution >= 4 is 11.6 Å². The summed E-state index contributed by atoms with van der Waals surface area (Å²) < 4.78 is 0. The Morgan fingerprint density at radius 3 is 2.00 bits per heavy atom. The molecule has 2 nitrogen and oxygen atoms in total. The van der Waals surface area contributed by atoms with Gasteiger partial charge in [0.2, 0.25) is 0 Å². The van der Waals surface area contributed by atoms with E-state index in [2.05, 4.69) is 13.8 Å². The fourth-order valence-electron chi connectivity index (χ4n) is 1.85. The van der Waals surface area contributed by atoms with E-state index in [9.17, 15) is 9.59 Å². The molecule has 0 aromatic rings. The Balaban J connectivity index is 3.22. The van der Waals surface area contributed by atoms with Gasteiger partial charge < -0.3 is 4.79 Å². The molecule has 0 N–H and O–H groups in total. The minimum atomic E-state index is 0.118. The summed E-state index contributed by atoms with van der Waals surface area (Å²) in [6, 6.07) is 0. The van der Waals surface area contributed by atoms with Crippen molar-refractivity contribution in [3.63, 3.8) is 0 Å². The second kappa shape index (κ2) is 10.5. The lowest BCUT2D eigenvalue weighted by atomic mass is 10.0. The van der Waals surface area contributed by atoms with Crippen molar-refractivity contribution in [2.75, 3.05) is 0 Å². The minimum absolute atomic E-state index is 0.118. The van der Waals surface area contributed by atoms with Crippen molar-refractivity contribution < 1.29 is 9.59 Å². The smallest absolute Gasteiger partial charge is 0.133 e. The van der Waals surface area contributed by atoms with Crippen LogP contribution in [0.3, 0.4) is 0 Å². The average Bonchev–Trinajstić information content (AvgIpc) is 2.24. The SMILES string of the molecule is CC(=O)CCC(=O)CCCCCCCC(C)C. The Bertz CT molecular complexity index is 219. The summed E-state index contributed by atoms with van der Waals surface area (Å²) in [7, 11) is 0. The molecule has 0 fully saturated rings. The van der Waals surface area contributed by atoms with Crippen LogP contribution in [0.4, 0.5) is 0 Å². The Morgan fingerprint density at radius 1 is 0.824 bits per heavy atom. The van der Waals surface area contributed by atoms with Crippen molar-refractivity contribution in [2.24, 2.45) is 5.92 Å². The topological polar surface area (TPSA) is 34.1 Å². The number of carbonyl (C=O) groups is 2. The maximum atomic E-state index is 11.4. The molecule has 0 unspecified atom stereocenters. The Morgan fingerprint density at radius 2 is 1.41 bits per heavy atom. The first kappa shape index (κ1) is 16.3. The molecule has 0 aromatic heterocycles. The number of hydrogen-bond donors (Lipinski definition) is 0. The summed E-state index contributed by atoms with van der Waals surface area (Å²) in [6.07, 6.45) is 8.86. The first-order valence-corrected chi connectivity index (χ1v) is 7.03. The average molecular weight is 240 g/mol. The molecular formula is C15H28O2. The van der Waals surface area contributed by atoms with Crippen LogP contribution >= 0.6 is 0 Å². The zero-order valence-electron chi connectivity index (χ0n) is 11.8. The fraction of sp³-hybridized carbons (Fsp3) is 0.867. The van der Waals surface area contributed by atoms with Crippen molar-refractivity contribution in [2.45, 2.75) is 78.6 Å². The number of hydrogen-bond acceptors (Lipinski definition) is 2. The number of unbranched alkanes of at least 4 members (excludes halogenated alkanes) is 4. The molecule has 0 heterocycles. The third kappa shape index (κ3) is 13.3. The van der Waals surface area contributed by atoms with Crippen LogP contribution in [-0.4, -0.2) is 11.6 Å². The van der Waals surface area contributed by atoms with Gasteiger partial charge in [-0.2, -0.15) is 0 Å². The minimum Gasteiger partial charge on any atom is -0.300 e. The van der Waals surface area contributed by atoms with Crippen LogP contribution in [0, 0.1) is 5.92 Å². The number of Topliss-reactive ketones (excluding diaryl/α,β-unsaturated/α-hetero) is 2. The molecule has 0 rings (SSSR count). The lowest BCUT2D eigenvalue weighted by Gasteiger charge is -2.04. The van der Waals surface area contributed by atoms with E-state index < -0.39 is 0 Å². The van der Waals surface area contributed by atoms with E-state index in [1.54, 1.807) is 6.92 Å². The highest BCUT2D eigenvalue weighted by molar-refractivity contribution is 5.84.